The Bertz CT molecular complexity index is 1480. The van der Waals surface area contributed by atoms with E-state index in [9.17, 15) is 9.59 Å². The summed E-state index contributed by atoms with van der Waals surface area (Å²) in [5.41, 5.74) is 4.62. The second-order valence-electron chi connectivity index (χ2n) is 9.26. The third-order valence-corrected chi connectivity index (χ3v) is 7.71. The van der Waals surface area contributed by atoms with Gasteiger partial charge in [0.2, 0.25) is 5.75 Å². The zero-order valence-electron chi connectivity index (χ0n) is 24.3. The number of hydrogen-bond acceptors (Lipinski definition) is 10. The fourth-order valence-electron chi connectivity index (χ4n) is 5.04. The van der Waals surface area contributed by atoms with Crippen LogP contribution in [0.4, 0.5) is 0 Å². The van der Waals surface area contributed by atoms with Crippen molar-refractivity contribution >= 4 is 29.0 Å². The van der Waals surface area contributed by atoms with Crippen LogP contribution in [0.25, 0.3) is 21.8 Å². The molecule has 1 aromatic heterocycles. The van der Waals surface area contributed by atoms with Gasteiger partial charge in [-0.3, -0.25) is 9.79 Å². The van der Waals surface area contributed by atoms with Gasteiger partial charge in [-0.15, -0.1) is 11.3 Å². The Labute approximate surface area is 243 Å². The lowest BCUT2D eigenvalue weighted by molar-refractivity contribution is -0.146. The Morgan fingerprint density at radius 2 is 1.59 bits per heavy atom. The van der Waals surface area contributed by atoms with Crippen molar-refractivity contribution in [2.75, 3.05) is 34.5 Å². The maximum Gasteiger partial charge on any atom is 0.336 e. The molecule has 0 spiro atoms. The summed E-state index contributed by atoms with van der Waals surface area (Å²) in [6, 6.07) is 11.4. The summed E-state index contributed by atoms with van der Waals surface area (Å²) < 4.78 is 27.3. The van der Waals surface area contributed by atoms with E-state index >= 15 is 0 Å². The van der Waals surface area contributed by atoms with Crippen LogP contribution >= 0.6 is 11.3 Å². The quantitative estimate of drug-likeness (QED) is 0.267. The number of aromatic nitrogens is 1. The summed E-state index contributed by atoms with van der Waals surface area (Å²) in [6.07, 6.45) is 0. The molecule has 0 saturated heterocycles. The number of nitrogens with zero attached hydrogens (tertiary/aromatic N) is 2. The Hall–Kier alpha value is -4.18. The van der Waals surface area contributed by atoms with Crippen molar-refractivity contribution in [2.24, 2.45) is 10.9 Å². The molecular formula is C31H34N2O7S. The molecule has 1 aliphatic heterocycles. The maximum atomic E-state index is 13.2. The van der Waals surface area contributed by atoms with Crippen LogP contribution in [0, 0.1) is 5.92 Å². The number of carbonyl (C=O) groups excluding carboxylic acids is 2. The van der Waals surface area contributed by atoms with E-state index in [1.54, 1.807) is 49.0 Å². The largest absolute Gasteiger partial charge is 0.493 e. The third-order valence-electron chi connectivity index (χ3n) is 6.82. The zero-order chi connectivity index (χ0) is 29.7. The number of aliphatic imine (C=N–C) groups is 1. The molecule has 2 unspecified atom stereocenters. The second-order valence-corrected chi connectivity index (χ2v) is 10.1. The van der Waals surface area contributed by atoms with Gasteiger partial charge in [-0.25, -0.2) is 9.78 Å². The molecule has 4 rings (SSSR count). The Balaban J connectivity index is 1.78. The van der Waals surface area contributed by atoms with Crippen molar-refractivity contribution in [3.63, 3.8) is 0 Å². The summed E-state index contributed by atoms with van der Waals surface area (Å²) in [7, 11) is 4.70. The summed E-state index contributed by atoms with van der Waals surface area (Å²) >= 11 is 1.48. The predicted octanol–water partition coefficient (Wildman–Crippen LogP) is 6.08. The topological polar surface area (TPSA) is 106 Å². The van der Waals surface area contributed by atoms with Crippen LogP contribution in [0.1, 0.15) is 39.2 Å². The molecule has 0 amide bonds. The molecule has 3 aromatic rings. The van der Waals surface area contributed by atoms with Gasteiger partial charge in [0.25, 0.3) is 0 Å². The average molecular weight is 579 g/mol. The highest BCUT2D eigenvalue weighted by molar-refractivity contribution is 7.13. The van der Waals surface area contributed by atoms with E-state index in [1.807, 2.05) is 41.8 Å². The number of ether oxygens (including phenoxy) is 5. The molecule has 0 fully saturated rings. The first-order valence-corrected chi connectivity index (χ1v) is 14.1. The number of allylic oxidation sites excluding steroid dienone is 1. The van der Waals surface area contributed by atoms with Crippen LogP contribution in [0.3, 0.4) is 0 Å². The fraction of sp³-hybridized carbons (Fsp3) is 0.355. The van der Waals surface area contributed by atoms with Gasteiger partial charge in [-0.1, -0.05) is 18.2 Å². The summed E-state index contributed by atoms with van der Waals surface area (Å²) in [6.45, 7) is 7.47. The van der Waals surface area contributed by atoms with Crippen molar-refractivity contribution in [1.29, 1.82) is 0 Å². The van der Waals surface area contributed by atoms with E-state index in [2.05, 4.69) is 4.99 Å². The SMILES string of the molecule is CCOC(=O)C1=C(C)N=C(C)C(C(=O)OCC)C1c1cccc(-c2nc(-c3cc(OC)c(OC)c(OC)c3)cs2)c1. The first kappa shape index (κ1) is 29.8. The van der Waals surface area contributed by atoms with Crippen molar-refractivity contribution < 1.29 is 33.3 Å². The predicted molar refractivity (Wildman–Crippen MR) is 158 cm³/mol. The first-order valence-electron chi connectivity index (χ1n) is 13.2. The zero-order valence-corrected chi connectivity index (χ0v) is 25.1. The number of carbonyl (C=O) groups is 2. The van der Waals surface area contributed by atoms with E-state index in [1.165, 1.54) is 11.3 Å². The minimum atomic E-state index is -0.764. The minimum absolute atomic E-state index is 0.206. The molecule has 0 N–H and O–H groups in total. The molecule has 0 saturated carbocycles. The molecule has 0 bridgehead atoms. The molecule has 0 radical (unpaired) electrons. The minimum Gasteiger partial charge on any atom is -0.493 e. The van der Waals surface area contributed by atoms with Crippen molar-refractivity contribution in [2.45, 2.75) is 33.6 Å². The fourth-order valence-corrected chi connectivity index (χ4v) is 5.87. The number of hydrogen-bond donors (Lipinski definition) is 0. The van der Waals surface area contributed by atoms with Crippen molar-refractivity contribution in [3.8, 4) is 39.1 Å². The van der Waals surface area contributed by atoms with Crippen LogP contribution in [0.15, 0.2) is 58.0 Å². The van der Waals surface area contributed by atoms with Gasteiger partial charge in [0.05, 0.1) is 45.8 Å². The molecule has 216 valence electrons. The van der Waals surface area contributed by atoms with Crippen molar-refractivity contribution in [3.05, 3.63) is 58.6 Å². The van der Waals surface area contributed by atoms with Crippen LogP contribution < -0.4 is 14.2 Å². The third kappa shape index (κ3) is 5.97. The molecule has 0 aliphatic carbocycles. The second kappa shape index (κ2) is 13.0. The van der Waals surface area contributed by atoms with Crippen LogP contribution in [0.5, 0.6) is 17.2 Å². The summed E-state index contributed by atoms with van der Waals surface area (Å²) in [5, 5.41) is 2.72. The van der Waals surface area contributed by atoms with E-state index in [0.717, 1.165) is 27.4 Å². The molecule has 2 aromatic carbocycles. The molecule has 9 nitrogen and oxygen atoms in total. The van der Waals surface area contributed by atoms with Crippen molar-refractivity contribution in [1.82, 2.24) is 4.98 Å². The highest BCUT2D eigenvalue weighted by Crippen LogP contribution is 2.43. The first-order chi connectivity index (χ1) is 19.8. The molecule has 41 heavy (non-hydrogen) atoms. The molecule has 2 heterocycles. The number of rotatable bonds is 10. The number of esters is 2. The Kier molecular flexibility index (Phi) is 9.44. The molecule has 2 atom stereocenters. The monoisotopic (exact) mass is 578 g/mol. The van der Waals surface area contributed by atoms with Gasteiger partial charge in [-0.05, 0) is 51.5 Å². The van der Waals surface area contributed by atoms with Gasteiger partial charge in [0, 0.05) is 33.8 Å². The lowest BCUT2D eigenvalue weighted by Gasteiger charge is -2.31. The smallest absolute Gasteiger partial charge is 0.336 e. The normalized spacial score (nSPS) is 16.6. The van der Waals surface area contributed by atoms with Crippen LogP contribution in [-0.4, -0.2) is 57.2 Å². The van der Waals surface area contributed by atoms with Crippen LogP contribution in [-0.2, 0) is 19.1 Å². The Morgan fingerprint density at radius 3 is 2.20 bits per heavy atom. The van der Waals surface area contributed by atoms with Gasteiger partial charge in [0.15, 0.2) is 11.5 Å². The van der Waals surface area contributed by atoms with E-state index in [0.29, 0.717) is 34.2 Å². The maximum absolute atomic E-state index is 13.2. The van der Waals surface area contributed by atoms with E-state index < -0.39 is 23.8 Å². The molecular weight excluding hydrogens is 544 g/mol. The highest BCUT2D eigenvalue weighted by Gasteiger charge is 2.42. The van der Waals surface area contributed by atoms with E-state index in [-0.39, 0.29) is 13.2 Å². The van der Waals surface area contributed by atoms with Gasteiger partial charge >= 0.3 is 11.9 Å². The van der Waals surface area contributed by atoms with Gasteiger partial charge in [0.1, 0.15) is 10.9 Å². The molecule has 1 aliphatic rings. The highest BCUT2D eigenvalue weighted by atomic mass is 32.1. The standard InChI is InChI=1S/C31H34N2O7S/c1-8-39-30(34)25-17(3)32-18(4)26(31(35)40-9-2)27(25)19-11-10-12-20(13-19)29-33-22(16-41-29)21-14-23(36-5)28(38-7)24(15-21)37-6/h10-16,25,27H,8-9H2,1-7H3. The summed E-state index contributed by atoms with van der Waals surface area (Å²) in [4.78, 5) is 35.8. The van der Waals surface area contributed by atoms with Gasteiger partial charge < -0.3 is 23.7 Å². The Morgan fingerprint density at radius 1 is 0.902 bits per heavy atom. The number of thiazole rings is 1. The number of methoxy groups -OCH3 is 3. The number of benzene rings is 2. The van der Waals surface area contributed by atoms with Crippen LogP contribution in [0.2, 0.25) is 0 Å². The summed E-state index contributed by atoms with van der Waals surface area (Å²) in [5.74, 6) is -0.746. The lowest BCUT2D eigenvalue weighted by atomic mass is 9.75. The molecule has 10 heteroatoms. The van der Waals surface area contributed by atoms with E-state index in [4.69, 9.17) is 28.7 Å². The lowest BCUT2D eigenvalue weighted by Crippen LogP contribution is -2.36. The average Bonchev–Trinajstić information content (AvgIpc) is 3.46. The van der Waals surface area contributed by atoms with Gasteiger partial charge in [-0.2, -0.15) is 0 Å².